The van der Waals surface area contributed by atoms with Crippen LogP contribution in [-0.4, -0.2) is 58.4 Å². The van der Waals surface area contributed by atoms with E-state index in [2.05, 4.69) is 23.7 Å². The zero-order valence-corrected chi connectivity index (χ0v) is 13.6. The quantitative estimate of drug-likeness (QED) is 0.701. The number of amides is 1. The third-order valence-electron chi connectivity index (χ3n) is 3.42. The third kappa shape index (κ3) is 6.18. The van der Waals surface area contributed by atoms with Crippen molar-refractivity contribution < 1.29 is 4.79 Å². The van der Waals surface area contributed by atoms with Crippen LogP contribution < -0.4 is 5.73 Å². The molecule has 2 N–H and O–H groups in total. The highest BCUT2D eigenvalue weighted by atomic mass is 32.1. The Bertz CT molecular complexity index is 448. The van der Waals surface area contributed by atoms with Gasteiger partial charge in [0, 0.05) is 44.0 Å². The summed E-state index contributed by atoms with van der Waals surface area (Å²) in [5, 5.41) is 0. The summed E-state index contributed by atoms with van der Waals surface area (Å²) in [5.74, 6) is 0.000746. The SMILES string of the molecule is CCN(CC)CCN(CCC(N)=S)C(=O)c1ccncc1. The topological polar surface area (TPSA) is 62.5 Å². The van der Waals surface area contributed by atoms with Crippen LogP contribution >= 0.6 is 12.2 Å². The fourth-order valence-electron chi connectivity index (χ4n) is 2.04. The van der Waals surface area contributed by atoms with Gasteiger partial charge in [-0.3, -0.25) is 9.78 Å². The lowest BCUT2D eigenvalue weighted by Gasteiger charge is -2.26. The Hall–Kier alpha value is -1.53. The molecule has 0 saturated carbocycles. The van der Waals surface area contributed by atoms with Crippen molar-refractivity contribution in [2.24, 2.45) is 5.73 Å². The minimum atomic E-state index is 0.000746. The average molecular weight is 308 g/mol. The number of carbonyl (C=O) groups is 1. The molecule has 0 saturated heterocycles. The Morgan fingerprint density at radius 3 is 2.33 bits per heavy atom. The highest BCUT2D eigenvalue weighted by molar-refractivity contribution is 7.80. The lowest BCUT2D eigenvalue weighted by molar-refractivity contribution is 0.0742. The predicted octanol–water partition coefficient (Wildman–Crippen LogP) is 1.54. The maximum absolute atomic E-state index is 12.5. The van der Waals surface area contributed by atoms with Crippen molar-refractivity contribution in [2.75, 3.05) is 32.7 Å². The first-order chi connectivity index (χ1) is 10.1. The number of pyridine rings is 1. The molecule has 6 heteroatoms. The summed E-state index contributed by atoms with van der Waals surface area (Å²) in [4.78, 5) is 21.0. The van der Waals surface area contributed by atoms with E-state index in [1.54, 1.807) is 24.5 Å². The first-order valence-electron chi connectivity index (χ1n) is 7.28. The van der Waals surface area contributed by atoms with Crippen molar-refractivity contribution in [3.05, 3.63) is 30.1 Å². The summed E-state index contributed by atoms with van der Waals surface area (Å²) in [6, 6.07) is 3.46. The van der Waals surface area contributed by atoms with Gasteiger partial charge in [-0.2, -0.15) is 0 Å². The van der Waals surface area contributed by atoms with Gasteiger partial charge in [-0.05, 0) is 25.2 Å². The molecule has 5 nitrogen and oxygen atoms in total. The number of aromatic nitrogens is 1. The molecule has 0 aromatic carbocycles. The number of rotatable bonds is 9. The predicted molar refractivity (Wildman–Crippen MR) is 89.3 cm³/mol. The molecule has 1 heterocycles. The van der Waals surface area contributed by atoms with Gasteiger partial charge < -0.3 is 15.5 Å². The standard InChI is InChI=1S/C15H24N4OS/c1-3-18(4-2)11-12-19(10-7-14(16)21)15(20)13-5-8-17-9-6-13/h5-6,8-9H,3-4,7,10-12H2,1-2H3,(H2,16,21). The van der Waals surface area contributed by atoms with Gasteiger partial charge in [0.15, 0.2) is 0 Å². The van der Waals surface area contributed by atoms with Crippen LogP contribution in [0.4, 0.5) is 0 Å². The van der Waals surface area contributed by atoms with E-state index in [0.717, 1.165) is 19.6 Å². The summed E-state index contributed by atoms with van der Waals surface area (Å²) < 4.78 is 0. The Morgan fingerprint density at radius 2 is 1.81 bits per heavy atom. The monoisotopic (exact) mass is 308 g/mol. The first kappa shape index (κ1) is 17.5. The van der Waals surface area contributed by atoms with E-state index < -0.39 is 0 Å². The van der Waals surface area contributed by atoms with Gasteiger partial charge in [0.25, 0.3) is 5.91 Å². The Kier molecular flexibility index (Phi) is 7.85. The smallest absolute Gasteiger partial charge is 0.254 e. The lowest BCUT2D eigenvalue weighted by Crippen LogP contribution is -2.40. The van der Waals surface area contributed by atoms with Crippen LogP contribution in [0.3, 0.4) is 0 Å². The fraction of sp³-hybridized carbons (Fsp3) is 0.533. The van der Waals surface area contributed by atoms with Crippen molar-refractivity contribution in [3.63, 3.8) is 0 Å². The van der Waals surface area contributed by atoms with Gasteiger partial charge in [0.1, 0.15) is 0 Å². The number of hydrogen-bond acceptors (Lipinski definition) is 4. The van der Waals surface area contributed by atoms with E-state index in [9.17, 15) is 4.79 Å². The van der Waals surface area contributed by atoms with Crippen molar-refractivity contribution >= 4 is 23.1 Å². The molecule has 0 spiro atoms. The second kappa shape index (κ2) is 9.41. The molecule has 0 fully saturated rings. The largest absolute Gasteiger partial charge is 0.393 e. The molecular formula is C15H24N4OS. The fourth-order valence-corrected chi connectivity index (χ4v) is 2.13. The summed E-state index contributed by atoms with van der Waals surface area (Å²) in [5.41, 5.74) is 6.21. The van der Waals surface area contributed by atoms with Crippen LogP contribution in [-0.2, 0) is 0 Å². The molecule has 116 valence electrons. The van der Waals surface area contributed by atoms with Gasteiger partial charge in [0.2, 0.25) is 0 Å². The molecule has 0 unspecified atom stereocenters. The van der Waals surface area contributed by atoms with Crippen LogP contribution in [0, 0.1) is 0 Å². The van der Waals surface area contributed by atoms with Crippen molar-refractivity contribution in [1.82, 2.24) is 14.8 Å². The molecule has 1 aromatic rings. The Morgan fingerprint density at radius 1 is 1.19 bits per heavy atom. The van der Waals surface area contributed by atoms with Crippen LogP contribution in [0.1, 0.15) is 30.6 Å². The molecule has 1 rings (SSSR count). The molecule has 0 aliphatic carbocycles. The average Bonchev–Trinajstić information content (AvgIpc) is 2.51. The number of hydrogen-bond donors (Lipinski definition) is 1. The molecule has 21 heavy (non-hydrogen) atoms. The molecular weight excluding hydrogens is 284 g/mol. The van der Waals surface area contributed by atoms with E-state index in [-0.39, 0.29) is 5.91 Å². The van der Waals surface area contributed by atoms with E-state index >= 15 is 0 Å². The molecule has 1 amide bonds. The van der Waals surface area contributed by atoms with E-state index in [1.807, 2.05) is 4.90 Å². The van der Waals surface area contributed by atoms with Gasteiger partial charge >= 0.3 is 0 Å². The minimum absolute atomic E-state index is 0.000746. The van der Waals surface area contributed by atoms with E-state index in [4.69, 9.17) is 18.0 Å². The Labute approximate surface area is 132 Å². The molecule has 1 aromatic heterocycles. The van der Waals surface area contributed by atoms with Gasteiger partial charge in [-0.25, -0.2) is 0 Å². The second-order valence-corrected chi connectivity index (χ2v) is 5.30. The van der Waals surface area contributed by atoms with Crippen LogP contribution in [0.15, 0.2) is 24.5 Å². The summed E-state index contributed by atoms with van der Waals surface area (Å²) in [7, 11) is 0. The zero-order chi connectivity index (χ0) is 15.7. The summed E-state index contributed by atoms with van der Waals surface area (Å²) >= 11 is 4.92. The summed E-state index contributed by atoms with van der Waals surface area (Å²) in [6.45, 7) is 8.26. The second-order valence-electron chi connectivity index (χ2n) is 4.77. The number of carbonyl (C=O) groups excluding carboxylic acids is 1. The minimum Gasteiger partial charge on any atom is -0.393 e. The number of nitrogens with two attached hydrogens (primary N) is 1. The van der Waals surface area contributed by atoms with Crippen LogP contribution in [0.5, 0.6) is 0 Å². The molecule has 0 bridgehead atoms. The molecule has 0 aliphatic heterocycles. The van der Waals surface area contributed by atoms with Crippen molar-refractivity contribution in [1.29, 1.82) is 0 Å². The first-order valence-corrected chi connectivity index (χ1v) is 7.69. The van der Waals surface area contributed by atoms with E-state index in [1.165, 1.54) is 0 Å². The van der Waals surface area contributed by atoms with Gasteiger partial charge in [-0.1, -0.05) is 26.1 Å². The zero-order valence-electron chi connectivity index (χ0n) is 12.8. The van der Waals surface area contributed by atoms with Crippen LogP contribution in [0.2, 0.25) is 0 Å². The van der Waals surface area contributed by atoms with Gasteiger partial charge in [0.05, 0.1) is 4.99 Å². The molecule has 0 atom stereocenters. The highest BCUT2D eigenvalue weighted by Crippen LogP contribution is 2.05. The van der Waals surface area contributed by atoms with Gasteiger partial charge in [-0.15, -0.1) is 0 Å². The Balaban J connectivity index is 2.71. The number of thiocarbonyl (C=S) groups is 1. The number of nitrogens with zero attached hydrogens (tertiary/aromatic N) is 3. The third-order valence-corrected chi connectivity index (χ3v) is 3.63. The maximum Gasteiger partial charge on any atom is 0.254 e. The van der Waals surface area contributed by atoms with Crippen LogP contribution in [0.25, 0.3) is 0 Å². The van der Waals surface area contributed by atoms with Crippen molar-refractivity contribution in [3.8, 4) is 0 Å². The molecule has 0 aliphatic rings. The molecule has 0 radical (unpaired) electrons. The maximum atomic E-state index is 12.5. The lowest BCUT2D eigenvalue weighted by atomic mass is 10.2. The van der Waals surface area contributed by atoms with Crippen molar-refractivity contribution in [2.45, 2.75) is 20.3 Å². The van der Waals surface area contributed by atoms with E-state index in [0.29, 0.717) is 30.1 Å². The summed E-state index contributed by atoms with van der Waals surface area (Å²) in [6.07, 6.45) is 3.80. The number of likely N-dealkylation sites (N-methyl/N-ethyl adjacent to an activating group) is 1. The highest BCUT2D eigenvalue weighted by Gasteiger charge is 2.16. The normalized spacial score (nSPS) is 10.6.